The lowest BCUT2D eigenvalue weighted by Crippen LogP contribution is -2.13. The summed E-state index contributed by atoms with van der Waals surface area (Å²) in [5.41, 5.74) is 0. The predicted octanol–water partition coefficient (Wildman–Crippen LogP) is 2.27. The van der Waals surface area contributed by atoms with Gasteiger partial charge in [-0.1, -0.05) is 13.8 Å². The molecule has 0 saturated heterocycles. The van der Waals surface area contributed by atoms with Crippen LogP contribution in [0.25, 0.3) is 0 Å². The molecule has 0 aliphatic heterocycles. The zero-order chi connectivity index (χ0) is 8.85. The van der Waals surface area contributed by atoms with Gasteiger partial charge in [0, 0.05) is 28.7 Å². The average Bonchev–Trinajstić information content (AvgIpc) is 1.87. The lowest BCUT2D eigenvalue weighted by atomic mass is 9.95. The van der Waals surface area contributed by atoms with Gasteiger partial charge in [-0.05, 0) is 18.3 Å². The van der Waals surface area contributed by atoms with Crippen LogP contribution >= 0.6 is 11.6 Å². The minimum atomic E-state index is -0.663. The zero-order valence-electron chi connectivity index (χ0n) is 7.47. The maximum absolute atomic E-state index is 10.8. The zero-order valence-corrected chi connectivity index (χ0v) is 9.04. The first kappa shape index (κ1) is 11.4. The Morgan fingerprint density at radius 1 is 1.45 bits per heavy atom. The van der Waals surface area contributed by atoms with Gasteiger partial charge >= 0.3 is 0 Å². The molecular weight excluding hydrogens is 180 g/mol. The molecule has 0 radical (unpaired) electrons. The first-order valence-corrected chi connectivity index (χ1v) is 6.20. The van der Waals surface area contributed by atoms with Gasteiger partial charge in [-0.25, -0.2) is 0 Å². The molecular formula is C8H17ClOS. The van der Waals surface area contributed by atoms with Crippen LogP contribution in [0.4, 0.5) is 0 Å². The van der Waals surface area contributed by atoms with Crippen molar-refractivity contribution in [3.63, 3.8) is 0 Å². The smallest absolute Gasteiger partial charge is 0.0254 e. The van der Waals surface area contributed by atoms with Crippen molar-refractivity contribution < 1.29 is 4.21 Å². The van der Waals surface area contributed by atoms with Crippen LogP contribution in [0.1, 0.15) is 20.3 Å². The molecule has 68 valence electrons. The van der Waals surface area contributed by atoms with Crippen molar-refractivity contribution in [3.05, 3.63) is 0 Å². The molecule has 0 saturated carbocycles. The molecule has 11 heavy (non-hydrogen) atoms. The third-order valence-electron chi connectivity index (χ3n) is 1.92. The Bertz CT molecular complexity index is 125. The monoisotopic (exact) mass is 196 g/mol. The van der Waals surface area contributed by atoms with Gasteiger partial charge in [-0.2, -0.15) is 0 Å². The number of halogens is 1. The van der Waals surface area contributed by atoms with E-state index in [1.165, 1.54) is 0 Å². The summed E-state index contributed by atoms with van der Waals surface area (Å²) < 4.78 is 10.8. The topological polar surface area (TPSA) is 17.1 Å². The maximum atomic E-state index is 10.8. The molecule has 0 bridgehead atoms. The molecule has 1 nitrogen and oxygen atoms in total. The van der Waals surface area contributed by atoms with Gasteiger partial charge < -0.3 is 0 Å². The summed E-state index contributed by atoms with van der Waals surface area (Å²) in [4.78, 5) is 0. The van der Waals surface area contributed by atoms with Crippen LogP contribution in [0.3, 0.4) is 0 Å². The Kier molecular flexibility index (Phi) is 6.25. The normalized spacial score (nSPS) is 16.8. The van der Waals surface area contributed by atoms with Crippen molar-refractivity contribution in [1.29, 1.82) is 0 Å². The second kappa shape index (κ2) is 6.01. The van der Waals surface area contributed by atoms with Gasteiger partial charge in [0.1, 0.15) is 0 Å². The highest BCUT2D eigenvalue weighted by Gasteiger charge is 2.11. The molecule has 2 unspecified atom stereocenters. The third-order valence-corrected chi connectivity index (χ3v) is 3.12. The largest absolute Gasteiger partial charge is 0.260 e. The van der Waals surface area contributed by atoms with Crippen LogP contribution in [0.2, 0.25) is 0 Å². The summed E-state index contributed by atoms with van der Waals surface area (Å²) in [5.74, 6) is 2.61. The maximum Gasteiger partial charge on any atom is 0.0254 e. The van der Waals surface area contributed by atoms with E-state index in [0.717, 1.165) is 12.2 Å². The number of alkyl halides is 1. The van der Waals surface area contributed by atoms with Crippen molar-refractivity contribution in [1.82, 2.24) is 0 Å². The van der Waals surface area contributed by atoms with Gasteiger partial charge in [0.25, 0.3) is 0 Å². The first-order valence-electron chi connectivity index (χ1n) is 3.94. The van der Waals surface area contributed by atoms with Crippen molar-refractivity contribution in [2.24, 2.45) is 11.8 Å². The first-order chi connectivity index (χ1) is 5.07. The van der Waals surface area contributed by atoms with E-state index in [-0.39, 0.29) is 0 Å². The Hall–Kier alpha value is 0.440. The third kappa shape index (κ3) is 5.68. The van der Waals surface area contributed by atoms with Crippen molar-refractivity contribution in [3.8, 4) is 0 Å². The molecule has 0 aromatic rings. The highest BCUT2D eigenvalue weighted by atomic mass is 35.5. The highest BCUT2D eigenvalue weighted by Crippen LogP contribution is 2.16. The van der Waals surface area contributed by atoms with Crippen LogP contribution in [-0.2, 0) is 10.8 Å². The van der Waals surface area contributed by atoms with Gasteiger partial charge in [0.2, 0.25) is 0 Å². The minimum absolute atomic E-state index is 0.528. The standard InChI is InChI=1S/C8H17ClOS/c1-7(2)8(6-9)4-5-11(3)10/h7-8H,4-6H2,1-3H3. The summed E-state index contributed by atoms with van der Waals surface area (Å²) in [7, 11) is -0.663. The van der Waals surface area contributed by atoms with Crippen LogP contribution in [0, 0.1) is 11.8 Å². The Labute approximate surface area is 77.0 Å². The average molecular weight is 197 g/mol. The summed E-state index contributed by atoms with van der Waals surface area (Å²) in [6.45, 7) is 4.32. The van der Waals surface area contributed by atoms with E-state index in [2.05, 4.69) is 13.8 Å². The van der Waals surface area contributed by atoms with E-state index in [0.29, 0.717) is 17.7 Å². The molecule has 0 N–H and O–H groups in total. The fourth-order valence-corrected chi connectivity index (χ4v) is 2.05. The molecule has 0 aromatic heterocycles. The number of rotatable bonds is 5. The summed E-state index contributed by atoms with van der Waals surface area (Å²) >= 11 is 5.75. The fourth-order valence-electron chi connectivity index (χ4n) is 0.906. The second-order valence-electron chi connectivity index (χ2n) is 3.22. The molecule has 0 rings (SSSR count). The molecule has 0 fully saturated rings. The van der Waals surface area contributed by atoms with Crippen LogP contribution < -0.4 is 0 Å². The molecule has 0 aliphatic rings. The van der Waals surface area contributed by atoms with E-state index in [9.17, 15) is 4.21 Å². The van der Waals surface area contributed by atoms with Crippen molar-refractivity contribution >= 4 is 22.4 Å². The van der Waals surface area contributed by atoms with Crippen LogP contribution in [0.15, 0.2) is 0 Å². The molecule has 0 heterocycles. The van der Waals surface area contributed by atoms with Crippen molar-refractivity contribution in [2.45, 2.75) is 20.3 Å². The minimum Gasteiger partial charge on any atom is -0.260 e. The molecule has 0 aromatic carbocycles. The predicted molar refractivity (Wildman–Crippen MR) is 52.6 cm³/mol. The van der Waals surface area contributed by atoms with E-state index in [1.807, 2.05) is 0 Å². The van der Waals surface area contributed by atoms with Gasteiger partial charge in [-0.3, -0.25) is 4.21 Å². The highest BCUT2D eigenvalue weighted by molar-refractivity contribution is 7.84. The molecule has 0 amide bonds. The molecule has 3 heteroatoms. The number of hydrogen-bond donors (Lipinski definition) is 0. The van der Waals surface area contributed by atoms with E-state index in [4.69, 9.17) is 11.6 Å². The lowest BCUT2D eigenvalue weighted by Gasteiger charge is -2.16. The summed E-state index contributed by atoms with van der Waals surface area (Å²) in [5, 5.41) is 0. The SMILES string of the molecule is CC(C)C(CCl)CCS(C)=O. The summed E-state index contributed by atoms with van der Waals surface area (Å²) in [6, 6.07) is 0. The van der Waals surface area contributed by atoms with E-state index < -0.39 is 10.8 Å². The molecule has 2 atom stereocenters. The summed E-state index contributed by atoms with van der Waals surface area (Å²) in [6.07, 6.45) is 2.73. The lowest BCUT2D eigenvalue weighted by molar-refractivity contribution is 0.414. The molecule has 0 aliphatic carbocycles. The van der Waals surface area contributed by atoms with E-state index in [1.54, 1.807) is 6.26 Å². The molecule has 0 spiro atoms. The quantitative estimate of drug-likeness (QED) is 0.617. The second-order valence-corrected chi connectivity index (χ2v) is 5.09. The van der Waals surface area contributed by atoms with Gasteiger partial charge in [0.15, 0.2) is 0 Å². The Morgan fingerprint density at radius 2 is 2.00 bits per heavy atom. The van der Waals surface area contributed by atoms with Gasteiger partial charge in [-0.15, -0.1) is 11.6 Å². The van der Waals surface area contributed by atoms with E-state index >= 15 is 0 Å². The Balaban J connectivity index is 3.61. The fraction of sp³-hybridized carbons (Fsp3) is 1.00. The van der Waals surface area contributed by atoms with Gasteiger partial charge in [0.05, 0.1) is 0 Å². The van der Waals surface area contributed by atoms with Crippen LogP contribution in [-0.4, -0.2) is 22.1 Å². The number of hydrogen-bond acceptors (Lipinski definition) is 1. The Morgan fingerprint density at radius 3 is 2.27 bits per heavy atom. The van der Waals surface area contributed by atoms with Crippen molar-refractivity contribution in [2.75, 3.05) is 17.9 Å². The van der Waals surface area contributed by atoms with Crippen LogP contribution in [0.5, 0.6) is 0 Å².